The van der Waals surface area contributed by atoms with Gasteiger partial charge in [0.25, 0.3) is 5.56 Å². The number of hydrogen-bond donors (Lipinski definition) is 1. The van der Waals surface area contributed by atoms with Crippen LogP contribution in [0.2, 0.25) is 0 Å². The Labute approximate surface area is 125 Å². The standard InChI is InChI=1S/C15H16F3N3O/c1-9(2)21-8-10(6-19)5-12(14(21)22)11-3-4-13(20-7-11)15(16,17)18/h3-5,7-9H,6,19H2,1-2H3. The second kappa shape index (κ2) is 5.92. The molecule has 2 N–H and O–H groups in total. The van der Waals surface area contributed by atoms with Crippen LogP contribution in [0.25, 0.3) is 11.1 Å². The van der Waals surface area contributed by atoms with Gasteiger partial charge in [-0.2, -0.15) is 13.2 Å². The molecular weight excluding hydrogens is 295 g/mol. The maximum absolute atomic E-state index is 12.5. The van der Waals surface area contributed by atoms with Crippen LogP contribution in [0.15, 0.2) is 35.4 Å². The van der Waals surface area contributed by atoms with E-state index in [1.165, 1.54) is 10.6 Å². The van der Waals surface area contributed by atoms with Gasteiger partial charge in [-0.05, 0) is 31.5 Å². The zero-order valence-electron chi connectivity index (χ0n) is 12.2. The molecule has 0 aliphatic rings. The molecule has 0 radical (unpaired) electrons. The van der Waals surface area contributed by atoms with Crippen molar-refractivity contribution in [2.75, 3.05) is 0 Å². The van der Waals surface area contributed by atoms with E-state index in [0.29, 0.717) is 5.56 Å². The van der Waals surface area contributed by atoms with Crippen molar-refractivity contribution in [2.24, 2.45) is 5.73 Å². The molecule has 0 spiro atoms. The number of halogens is 3. The Balaban J connectivity index is 2.57. The van der Waals surface area contributed by atoms with Gasteiger partial charge in [0.2, 0.25) is 0 Å². The van der Waals surface area contributed by atoms with E-state index in [-0.39, 0.29) is 23.7 Å². The third-order valence-electron chi connectivity index (χ3n) is 3.26. The van der Waals surface area contributed by atoms with Gasteiger partial charge < -0.3 is 10.3 Å². The van der Waals surface area contributed by atoms with Gasteiger partial charge in [0, 0.05) is 36.1 Å². The molecule has 4 nitrogen and oxygen atoms in total. The van der Waals surface area contributed by atoms with Crippen molar-refractivity contribution in [1.29, 1.82) is 0 Å². The van der Waals surface area contributed by atoms with E-state index in [9.17, 15) is 18.0 Å². The van der Waals surface area contributed by atoms with Crippen LogP contribution in [0.1, 0.15) is 31.1 Å². The van der Waals surface area contributed by atoms with Crippen molar-refractivity contribution >= 4 is 0 Å². The van der Waals surface area contributed by atoms with Crippen molar-refractivity contribution in [3.8, 4) is 11.1 Å². The lowest BCUT2D eigenvalue weighted by molar-refractivity contribution is -0.141. The van der Waals surface area contributed by atoms with Crippen LogP contribution in [0, 0.1) is 0 Å². The molecule has 0 aliphatic carbocycles. The summed E-state index contributed by atoms with van der Waals surface area (Å²) in [7, 11) is 0. The highest BCUT2D eigenvalue weighted by Gasteiger charge is 2.32. The summed E-state index contributed by atoms with van der Waals surface area (Å²) in [5.74, 6) is 0. The van der Waals surface area contributed by atoms with Crippen LogP contribution in [0.4, 0.5) is 13.2 Å². The molecule has 2 rings (SSSR count). The van der Waals surface area contributed by atoms with Crippen LogP contribution in [-0.2, 0) is 12.7 Å². The van der Waals surface area contributed by atoms with Crippen molar-refractivity contribution in [3.05, 3.63) is 52.2 Å². The number of alkyl halides is 3. The van der Waals surface area contributed by atoms with Gasteiger partial charge >= 0.3 is 6.18 Å². The largest absolute Gasteiger partial charge is 0.433 e. The van der Waals surface area contributed by atoms with E-state index < -0.39 is 11.9 Å². The average molecular weight is 311 g/mol. The zero-order valence-corrected chi connectivity index (χ0v) is 12.2. The van der Waals surface area contributed by atoms with Crippen molar-refractivity contribution in [2.45, 2.75) is 32.6 Å². The third kappa shape index (κ3) is 3.19. The first kappa shape index (κ1) is 16.2. The number of rotatable bonds is 3. The summed E-state index contributed by atoms with van der Waals surface area (Å²) in [5.41, 5.74) is 5.69. The first-order chi connectivity index (χ1) is 10.2. The molecule has 118 valence electrons. The molecule has 0 bridgehead atoms. The van der Waals surface area contributed by atoms with Crippen LogP contribution >= 0.6 is 0 Å². The summed E-state index contributed by atoms with van der Waals surface area (Å²) >= 11 is 0. The summed E-state index contributed by atoms with van der Waals surface area (Å²) in [6, 6.07) is 3.62. The highest BCUT2D eigenvalue weighted by atomic mass is 19.4. The van der Waals surface area contributed by atoms with Crippen LogP contribution in [0.5, 0.6) is 0 Å². The Bertz CT molecular complexity index is 718. The number of nitrogens with zero attached hydrogens (tertiary/aromatic N) is 2. The van der Waals surface area contributed by atoms with Gasteiger partial charge in [-0.1, -0.05) is 6.07 Å². The van der Waals surface area contributed by atoms with E-state index in [1.807, 2.05) is 13.8 Å². The van der Waals surface area contributed by atoms with Gasteiger partial charge in [-0.15, -0.1) is 0 Å². The molecule has 0 aliphatic heterocycles. The highest BCUT2D eigenvalue weighted by Crippen LogP contribution is 2.28. The molecule has 0 atom stereocenters. The van der Waals surface area contributed by atoms with Gasteiger partial charge in [-0.3, -0.25) is 9.78 Å². The minimum absolute atomic E-state index is 0.0832. The lowest BCUT2D eigenvalue weighted by Crippen LogP contribution is -2.24. The molecule has 22 heavy (non-hydrogen) atoms. The fourth-order valence-electron chi connectivity index (χ4n) is 2.08. The number of pyridine rings is 2. The Kier molecular flexibility index (Phi) is 4.37. The quantitative estimate of drug-likeness (QED) is 0.948. The molecule has 7 heteroatoms. The van der Waals surface area contributed by atoms with Gasteiger partial charge in [0.1, 0.15) is 5.69 Å². The first-order valence-electron chi connectivity index (χ1n) is 6.72. The van der Waals surface area contributed by atoms with Crippen molar-refractivity contribution < 1.29 is 13.2 Å². The Morgan fingerprint density at radius 1 is 1.32 bits per heavy atom. The topological polar surface area (TPSA) is 60.9 Å². The maximum atomic E-state index is 12.5. The Morgan fingerprint density at radius 2 is 2.00 bits per heavy atom. The molecular formula is C15H16F3N3O. The molecule has 0 saturated heterocycles. The SMILES string of the molecule is CC(C)n1cc(CN)cc(-c2ccc(C(F)(F)F)nc2)c1=O. The van der Waals surface area contributed by atoms with Gasteiger partial charge in [0.05, 0.1) is 0 Å². The van der Waals surface area contributed by atoms with Gasteiger partial charge in [0.15, 0.2) is 0 Å². The minimum atomic E-state index is -4.50. The highest BCUT2D eigenvalue weighted by molar-refractivity contribution is 5.62. The van der Waals surface area contributed by atoms with Crippen LogP contribution in [-0.4, -0.2) is 9.55 Å². The minimum Gasteiger partial charge on any atom is -0.326 e. The lowest BCUT2D eigenvalue weighted by Gasteiger charge is -2.14. The van der Waals surface area contributed by atoms with Crippen LogP contribution < -0.4 is 11.3 Å². The molecule has 0 aromatic carbocycles. The molecule has 2 aromatic rings. The molecule has 0 unspecified atom stereocenters. The molecule has 2 heterocycles. The molecule has 0 amide bonds. The Morgan fingerprint density at radius 3 is 2.45 bits per heavy atom. The lowest BCUT2D eigenvalue weighted by atomic mass is 10.1. The van der Waals surface area contributed by atoms with E-state index in [0.717, 1.165) is 17.8 Å². The first-order valence-corrected chi connectivity index (χ1v) is 6.72. The van der Waals surface area contributed by atoms with E-state index in [2.05, 4.69) is 4.98 Å². The normalized spacial score (nSPS) is 12.0. The summed E-state index contributed by atoms with van der Waals surface area (Å²) in [4.78, 5) is 15.8. The average Bonchev–Trinajstić information content (AvgIpc) is 2.46. The maximum Gasteiger partial charge on any atom is 0.433 e. The Hall–Kier alpha value is -2.15. The summed E-state index contributed by atoms with van der Waals surface area (Å²) in [5, 5.41) is 0. The molecule has 0 saturated carbocycles. The monoisotopic (exact) mass is 311 g/mol. The molecule has 0 fully saturated rings. The number of hydrogen-bond acceptors (Lipinski definition) is 3. The number of nitrogens with two attached hydrogens (primary N) is 1. The predicted octanol–water partition coefficient (Wildman–Crippen LogP) is 2.97. The summed E-state index contributed by atoms with van der Waals surface area (Å²) in [6.45, 7) is 3.92. The third-order valence-corrected chi connectivity index (χ3v) is 3.26. The zero-order chi connectivity index (χ0) is 16.5. The van der Waals surface area contributed by atoms with Crippen molar-refractivity contribution in [3.63, 3.8) is 0 Å². The van der Waals surface area contributed by atoms with Gasteiger partial charge in [-0.25, -0.2) is 0 Å². The van der Waals surface area contributed by atoms with E-state index in [1.54, 1.807) is 12.3 Å². The second-order valence-electron chi connectivity index (χ2n) is 5.20. The summed E-state index contributed by atoms with van der Waals surface area (Å²) < 4.78 is 39.1. The predicted molar refractivity (Wildman–Crippen MR) is 77.2 cm³/mol. The second-order valence-corrected chi connectivity index (χ2v) is 5.20. The number of aromatic nitrogens is 2. The van der Waals surface area contributed by atoms with Crippen molar-refractivity contribution in [1.82, 2.24) is 9.55 Å². The van der Waals surface area contributed by atoms with E-state index in [4.69, 9.17) is 5.73 Å². The fraction of sp³-hybridized carbons (Fsp3) is 0.333. The summed E-state index contributed by atoms with van der Waals surface area (Å²) in [6.07, 6.45) is -1.78. The fourth-order valence-corrected chi connectivity index (χ4v) is 2.08. The van der Waals surface area contributed by atoms with E-state index >= 15 is 0 Å². The smallest absolute Gasteiger partial charge is 0.326 e. The van der Waals surface area contributed by atoms with Crippen LogP contribution in [0.3, 0.4) is 0 Å². The molecule has 2 aromatic heterocycles.